The van der Waals surface area contributed by atoms with Crippen LogP contribution < -0.4 is 0 Å². The van der Waals surface area contributed by atoms with Crippen molar-refractivity contribution in [1.82, 2.24) is 9.88 Å². The summed E-state index contributed by atoms with van der Waals surface area (Å²) in [6, 6.07) is 8.09. The number of rotatable bonds is 3. The molecule has 5 rings (SSSR count). The van der Waals surface area contributed by atoms with Crippen molar-refractivity contribution in [3.8, 4) is 11.8 Å². The van der Waals surface area contributed by atoms with Gasteiger partial charge in [-0.3, -0.25) is 4.90 Å². The molecule has 2 bridgehead atoms. The number of piperidine rings is 3. The van der Waals surface area contributed by atoms with Gasteiger partial charge in [0.1, 0.15) is 11.4 Å². The lowest BCUT2D eigenvalue weighted by Gasteiger charge is -2.49. The summed E-state index contributed by atoms with van der Waals surface area (Å²) in [4.78, 5) is 5.96. The quantitative estimate of drug-likeness (QED) is 0.653. The summed E-state index contributed by atoms with van der Waals surface area (Å²) < 4.78 is 32.6. The van der Waals surface area contributed by atoms with E-state index in [0.29, 0.717) is 23.6 Å². The van der Waals surface area contributed by atoms with Crippen LogP contribution in [0.4, 0.5) is 8.78 Å². The first kappa shape index (κ1) is 19.0. The number of aromatic nitrogens is 1. The largest absolute Gasteiger partial charge is 0.369 e. The molecule has 3 aliphatic rings. The van der Waals surface area contributed by atoms with Crippen LogP contribution in [-0.4, -0.2) is 47.3 Å². The molecule has 0 saturated carbocycles. The number of ether oxygens (including phenoxy) is 1. The van der Waals surface area contributed by atoms with Gasteiger partial charge >= 0.3 is 0 Å². The number of hydrogen-bond acceptors (Lipinski definition) is 4. The number of methoxy groups -OCH3 is 1. The maximum Gasteiger partial charge on any atom is 0.212 e. The van der Waals surface area contributed by atoms with Gasteiger partial charge in [0, 0.05) is 36.9 Å². The van der Waals surface area contributed by atoms with Gasteiger partial charge in [0.25, 0.3) is 0 Å². The lowest BCUT2D eigenvalue weighted by molar-refractivity contribution is -0.0964. The lowest BCUT2D eigenvalue weighted by Crippen LogP contribution is -2.59. The number of nitrogens with zero attached hydrogens (tertiary/aromatic N) is 2. The SMILES string of the molecule is CO[C@]1(C#CC(O)(c2ccc(F)cc2)c2ccc(F)nc2)CN2CCC1CC2. The molecule has 6 heteroatoms. The summed E-state index contributed by atoms with van der Waals surface area (Å²) in [7, 11) is 1.65. The van der Waals surface area contributed by atoms with Gasteiger partial charge in [-0.15, -0.1) is 0 Å². The second-order valence-corrected chi connectivity index (χ2v) is 7.48. The third kappa shape index (κ3) is 3.30. The Kier molecular flexibility index (Phi) is 4.92. The van der Waals surface area contributed by atoms with Gasteiger partial charge < -0.3 is 9.84 Å². The Morgan fingerprint density at radius 1 is 1.14 bits per heavy atom. The first-order valence-electron chi connectivity index (χ1n) is 9.37. The zero-order valence-corrected chi connectivity index (χ0v) is 15.7. The van der Waals surface area contributed by atoms with Crippen molar-refractivity contribution in [3.05, 3.63) is 65.5 Å². The summed E-state index contributed by atoms with van der Waals surface area (Å²) in [6.07, 6.45) is 3.24. The lowest BCUT2D eigenvalue weighted by atomic mass is 9.75. The maximum atomic E-state index is 13.4. The minimum absolute atomic E-state index is 0.291. The van der Waals surface area contributed by atoms with Crippen molar-refractivity contribution < 1.29 is 18.6 Å². The van der Waals surface area contributed by atoms with Crippen LogP contribution in [0.5, 0.6) is 0 Å². The molecule has 0 radical (unpaired) electrons. The number of aliphatic hydroxyl groups is 1. The van der Waals surface area contributed by atoms with Crippen LogP contribution in [-0.2, 0) is 10.3 Å². The van der Waals surface area contributed by atoms with E-state index in [1.165, 1.54) is 42.6 Å². The smallest absolute Gasteiger partial charge is 0.212 e. The molecule has 3 saturated heterocycles. The number of pyridine rings is 1. The van der Waals surface area contributed by atoms with E-state index in [2.05, 4.69) is 21.7 Å². The fourth-order valence-electron chi connectivity index (χ4n) is 4.23. The monoisotopic (exact) mass is 384 g/mol. The third-order valence-electron chi connectivity index (χ3n) is 5.93. The molecular formula is C22H22F2N2O2. The molecule has 4 heterocycles. The highest BCUT2D eigenvalue weighted by Crippen LogP contribution is 2.38. The standard InChI is InChI=1S/C22H22F2N2O2/c1-28-21(15-26-12-8-16(21)9-13-26)10-11-22(27,17-2-5-19(23)6-3-17)18-4-7-20(24)25-14-18/h2-7,14,16,27H,8-9,12-13,15H2,1H3/t21-,22?/m1/s1. The summed E-state index contributed by atoms with van der Waals surface area (Å²) in [5.74, 6) is 5.41. The highest BCUT2D eigenvalue weighted by Gasteiger charge is 2.46. The van der Waals surface area contributed by atoms with Gasteiger partial charge in [0.05, 0.1) is 0 Å². The second kappa shape index (κ2) is 7.25. The third-order valence-corrected chi connectivity index (χ3v) is 5.93. The molecule has 1 N–H and O–H groups in total. The molecule has 1 aromatic heterocycles. The van der Waals surface area contributed by atoms with Crippen LogP contribution in [0, 0.1) is 29.5 Å². The normalized spacial score (nSPS) is 28.3. The average Bonchev–Trinajstić information content (AvgIpc) is 2.74. The van der Waals surface area contributed by atoms with Crippen LogP contribution in [0.2, 0.25) is 0 Å². The highest BCUT2D eigenvalue weighted by molar-refractivity contribution is 5.45. The Morgan fingerprint density at radius 3 is 2.36 bits per heavy atom. The summed E-state index contributed by atoms with van der Waals surface area (Å²) in [5, 5.41) is 11.5. The topological polar surface area (TPSA) is 45.6 Å². The molecule has 28 heavy (non-hydrogen) atoms. The Labute approximate surface area is 163 Å². The molecule has 0 spiro atoms. The van der Waals surface area contributed by atoms with Crippen LogP contribution >= 0.6 is 0 Å². The minimum atomic E-state index is -1.76. The van der Waals surface area contributed by atoms with E-state index in [0.717, 1.165) is 25.9 Å². The van der Waals surface area contributed by atoms with Crippen molar-refractivity contribution >= 4 is 0 Å². The molecule has 1 unspecified atom stereocenters. The van der Waals surface area contributed by atoms with Crippen LogP contribution in [0.3, 0.4) is 0 Å². The fourth-order valence-corrected chi connectivity index (χ4v) is 4.23. The molecule has 146 valence electrons. The Bertz CT molecular complexity index is 851. The van der Waals surface area contributed by atoms with E-state index in [1.807, 2.05) is 0 Å². The van der Waals surface area contributed by atoms with Gasteiger partial charge in [-0.1, -0.05) is 24.0 Å². The molecule has 2 atom stereocenters. The van der Waals surface area contributed by atoms with Gasteiger partial charge in [-0.05, 0) is 50.2 Å². The maximum absolute atomic E-state index is 13.4. The molecule has 1 aromatic carbocycles. The Balaban J connectivity index is 1.80. The Morgan fingerprint density at radius 2 is 1.82 bits per heavy atom. The van der Waals surface area contributed by atoms with Crippen molar-refractivity contribution in [3.63, 3.8) is 0 Å². The molecule has 0 amide bonds. The van der Waals surface area contributed by atoms with E-state index in [4.69, 9.17) is 4.74 Å². The zero-order chi connectivity index (χ0) is 19.8. The van der Waals surface area contributed by atoms with E-state index in [1.54, 1.807) is 7.11 Å². The van der Waals surface area contributed by atoms with Gasteiger partial charge in [-0.2, -0.15) is 4.39 Å². The molecule has 4 nitrogen and oxygen atoms in total. The number of fused-ring (bicyclic) bond motifs is 3. The van der Waals surface area contributed by atoms with Crippen molar-refractivity contribution in [2.24, 2.45) is 5.92 Å². The highest BCUT2D eigenvalue weighted by atomic mass is 19.1. The predicted molar refractivity (Wildman–Crippen MR) is 100 cm³/mol. The molecule has 3 aliphatic heterocycles. The van der Waals surface area contributed by atoms with E-state index in [9.17, 15) is 13.9 Å². The average molecular weight is 384 g/mol. The van der Waals surface area contributed by atoms with Crippen molar-refractivity contribution in [2.75, 3.05) is 26.7 Å². The van der Waals surface area contributed by atoms with Crippen LogP contribution in [0.1, 0.15) is 24.0 Å². The zero-order valence-electron chi connectivity index (χ0n) is 15.7. The molecule has 3 fully saturated rings. The first-order valence-corrected chi connectivity index (χ1v) is 9.37. The first-order chi connectivity index (χ1) is 13.4. The molecular weight excluding hydrogens is 362 g/mol. The minimum Gasteiger partial charge on any atom is -0.369 e. The van der Waals surface area contributed by atoms with Crippen molar-refractivity contribution in [2.45, 2.75) is 24.0 Å². The number of halogens is 2. The number of hydrogen-bond donors (Lipinski definition) is 1. The summed E-state index contributed by atoms with van der Waals surface area (Å²) >= 11 is 0. The summed E-state index contributed by atoms with van der Waals surface area (Å²) in [5.41, 5.74) is -1.72. The van der Waals surface area contributed by atoms with Gasteiger partial charge in [-0.25, -0.2) is 9.37 Å². The molecule has 2 aromatic rings. The second-order valence-electron chi connectivity index (χ2n) is 7.48. The predicted octanol–water partition coefficient (Wildman–Crippen LogP) is 2.71. The molecule has 0 aliphatic carbocycles. The van der Waals surface area contributed by atoms with Gasteiger partial charge in [0.15, 0.2) is 5.60 Å². The number of benzene rings is 1. The Hall–Kier alpha value is -2.33. The fraction of sp³-hybridized carbons (Fsp3) is 0.409. The van der Waals surface area contributed by atoms with E-state index in [-0.39, 0.29) is 0 Å². The van der Waals surface area contributed by atoms with E-state index < -0.39 is 23.0 Å². The van der Waals surface area contributed by atoms with Crippen LogP contribution in [0.25, 0.3) is 0 Å². The van der Waals surface area contributed by atoms with Gasteiger partial charge in [0.2, 0.25) is 5.95 Å². The van der Waals surface area contributed by atoms with Crippen LogP contribution in [0.15, 0.2) is 42.6 Å². The summed E-state index contributed by atoms with van der Waals surface area (Å²) in [6.45, 7) is 2.74. The van der Waals surface area contributed by atoms with Crippen molar-refractivity contribution in [1.29, 1.82) is 0 Å². The van der Waals surface area contributed by atoms with E-state index >= 15 is 0 Å².